The molecule has 1 saturated heterocycles. The molecule has 0 spiro atoms. The largest absolute Gasteiger partial charge is 0.335 e. The van der Waals surface area contributed by atoms with Crippen LogP contribution in [0.2, 0.25) is 0 Å². The van der Waals surface area contributed by atoms with Gasteiger partial charge in [0.15, 0.2) is 0 Å². The smallest absolute Gasteiger partial charge is 0.318 e. The fraction of sp³-hybridized carbons (Fsp3) is 0.192. The minimum Gasteiger partial charge on any atom is -0.318 e. The van der Waals surface area contributed by atoms with Crippen molar-refractivity contribution in [2.75, 3.05) is 4.90 Å². The predicted molar refractivity (Wildman–Crippen MR) is 125 cm³/mol. The van der Waals surface area contributed by atoms with Gasteiger partial charge in [-0.15, -0.1) is 0 Å². The van der Waals surface area contributed by atoms with Gasteiger partial charge in [-0.2, -0.15) is 0 Å². The average Bonchev–Trinajstić information content (AvgIpc) is 3.02. The molecule has 0 unspecified atom stereocenters. The molecular weight excluding hydrogens is 402 g/mol. The number of anilines is 1. The third-order valence-electron chi connectivity index (χ3n) is 5.98. The maximum absolute atomic E-state index is 13.3. The van der Waals surface area contributed by atoms with Crippen LogP contribution in [-0.2, 0) is 9.59 Å². The number of benzene rings is 2. The lowest BCUT2D eigenvalue weighted by molar-refractivity contribution is -0.122. The number of carbonyl (C=O) groups excluding carboxylic acids is 3. The van der Waals surface area contributed by atoms with Crippen LogP contribution in [0.25, 0.3) is 11.8 Å². The number of barbiturate groups is 1. The van der Waals surface area contributed by atoms with Crippen LogP contribution in [-0.4, -0.2) is 22.4 Å². The highest BCUT2D eigenvalue weighted by Gasteiger charge is 2.37. The van der Waals surface area contributed by atoms with Gasteiger partial charge in [-0.3, -0.25) is 14.9 Å². The second-order valence-electron chi connectivity index (χ2n) is 8.17. The lowest BCUT2D eigenvalue weighted by atomic mass is 10.0. The number of carbonyl (C=O) groups is 3. The standard InChI is InChI=1S/C26H25N3O3/c1-15-9-11-21(12-10-15)28-17(3)13-20(19(28)5)14-22-24(30)27-26(32)29(25(22)31)23-8-6-7-16(2)18(23)4/h6-14H,1-5H3,(H,27,30,32)/b22-14+. The van der Waals surface area contributed by atoms with Crippen LogP contribution in [0.1, 0.15) is 33.6 Å². The van der Waals surface area contributed by atoms with E-state index < -0.39 is 17.8 Å². The third kappa shape index (κ3) is 3.54. The lowest BCUT2D eigenvalue weighted by Gasteiger charge is -2.28. The van der Waals surface area contributed by atoms with Crippen LogP contribution in [0.5, 0.6) is 0 Å². The van der Waals surface area contributed by atoms with E-state index in [9.17, 15) is 14.4 Å². The van der Waals surface area contributed by atoms with Crippen LogP contribution < -0.4 is 10.2 Å². The molecule has 1 fully saturated rings. The third-order valence-corrected chi connectivity index (χ3v) is 5.98. The number of amides is 4. The van der Waals surface area contributed by atoms with Gasteiger partial charge in [-0.1, -0.05) is 29.8 Å². The summed E-state index contributed by atoms with van der Waals surface area (Å²) in [5, 5.41) is 2.31. The number of hydrogen-bond acceptors (Lipinski definition) is 3. The number of rotatable bonds is 3. The Hall–Kier alpha value is -3.93. The van der Waals surface area contributed by atoms with Gasteiger partial charge < -0.3 is 4.57 Å². The van der Waals surface area contributed by atoms with E-state index in [0.717, 1.165) is 38.7 Å². The molecule has 2 heterocycles. The fourth-order valence-electron chi connectivity index (χ4n) is 4.03. The molecule has 3 aromatic rings. The van der Waals surface area contributed by atoms with Crippen molar-refractivity contribution in [1.82, 2.24) is 9.88 Å². The minimum atomic E-state index is -0.740. The zero-order valence-corrected chi connectivity index (χ0v) is 18.8. The van der Waals surface area contributed by atoms with Gasteiger partial charge in [0.1, 0.15) is 5.57 Å². The van der Waals surface area contributed by atoms with Crippen LogP contribution in [0.15, 0.2) is 54.1 Å². The summed E-state index contributed by atoms with van der Waals surface area (Å²) in [5.74, 6) is -1.32. The SMILES string of the molecule is Cc1ccc(-n2c(C)cc(/C=C3\C(=O)NC(=O)N(c4cccc(C)c4C)C3=O)c2C)cc1. The van der Waals surface area contributed by atoms with Crippen molar-refractivity contribution in [2.24, 2.45) is 0 Å². The van der Waals surface area contributed by atoms with Crippen LogP contribution in [0.4, 0.5) is 10.5 Å². The maximum Gasteiger partial charge on any atom is 0.335 e. The zero-order chi connectivity index (χ0) is 23.2. The molecule has 0 radical (unpaired) electrons. The first-order chi connectivity index (χ1) is 15.2. The fourth-order valence-corrected chi connectivity index (χ4v) is 4.03. The molecule has 32 heavy (non-hydrogen) atoms. The number of hydrogen-bond donors (Lipinski definition) is 1. The summed E-state index contributed by atoms with van der Waals surface area (Å²) in [6.07, 6.45) is 1.56. The van der Waals surface area contributed by atoms with Crippen molar-refractivity contribution in [3.63, 3.8) is 0 Å². The quantitative estimate of drug-likeness (QED) is 0.487. The maximum atomic E-state index is 13.3. The molecule has 6 nitrogen and oxygen atoms in total. The van der Waals surface area contributed by atoms with Gasteiger partial charge in [-0.05, 0) is 81.7 Å². The number of aryl methyl sites for hydroxylation is 3. The van der Waals surface area contributed by atoms with Gasteiger partial charge >= 0.3 is 6.03 Å². The van der Waals surface area contributed by atoms with E-state index in [-0.39, 0.29) is 5.57 Å². The van der Waals surface area contributed by atoms with Gasteiger partial charge in [-0.25, -0.2) is 9.69 Å². The molecule has 4 amide bonds. The van der Waals surface area contributed by atoms with Crippen molar-refractivity contribution < 1.29 is 14.4 Å². The first-order valence-electron chi connectivity index (χ1n) is 10.4. The monoisotopic (exact) mass is 427 g/mol. The Morgan fingerprint density at radius 2 is 1.56 bits per heavy atom. The zero-order valence-electron chi connectivity index (χ0n) is 18.8. The van der Waals surface area contributed by atoms with Crippen LogP contribution in [0.3, 0.4) is 0 Å². The number of aromatic nitrogens is 1. The summed E-state index contributed by atoms with van der Waals surface area (Å²) >= 11 is 0. The second kappa shape index (κ2) is 7.96. The van der Waals surface area contributed by atoms with Crippen LogP contribution in [0, 0.1) is 34.6 Å². The van der Waals surface area contributed by atoms with E-state index in [4.69, 9.17) is 0 Å². The van der Waals surface area contributed by atoms with E-state index in [0.29, 0.717) is 5.69 Å². The molecule has 0 atom stereocenters. The first kappa shape index (κ1) is 21.3. The summed E-state index contributed by atoms with van der Waals surface area (Å²) in [5.41, 5.74) is 6.94. The Labute approximate surface area is 187 Å². The topological polar surface area (TPSA) is 71.4 Å². The van der Waals surface area contributed by atoms with Gasteiger partial charge in [0.25, 0.3) is 11.8 Å². The van der Waals surface area contributed by atoms with E-state index in [1.807, 2.05) is 71.0 Å². The Morgan fingerprint density at radius 1 is 0.875 bits per heavy atom. The highest BCUT2D eigenvalue weighted by Crippen LogP contribution is 2.28. The summed E-state index contributed by atoms with van der Waals surface area (Å²) in [4.78, 5) is 39.5. The van der Waals surface area contributed by atoms with E-state index in [1.54, 1.807) is 18.2 Å². The minimum absolute atomic E-state index is 0.0744. The van der Waals surface area contributed by atoms with Crippen LogP contribution >= 0.6 is 0 Å². The molecule has 0 bridgehead atoms. The molecule has 1 aliphatic heterocycles. The summed E-state index contributed by atoms with van der Waals surface area (Å²) in [7, 11) is 0. The molecule has 1 N–H and O–H groups in total. The number of imide groups is 2. The van der Waals surface area contributed by atoms with Gasteiger partial charge in [0, 0.05) is 17.1 Å². The molecule has 0 aliphatic carbocycles. The highest BCUT2D eigenvalue weighted by molar-refractivity contribution is 6.39. The number of urea groups is 1. The average molecular weight is 428 g/mol. The first-order valence-corrected chi connectivity index (χ1v) is 10.4. The molecule has 0 saturated carbocycles. The van der Waals surface area contributed by atoms with Crippen molar-refractivity contribution in [2.45, 2.75) is 34.6 Å². The van der Waals surface area contributed by atoms with Gasteiger partial charge in [0.05, 0.1) is 5.69 Å². The Balaban J connectivity index is 1.78. The molecule has 2 aromatic carbocycles. The summed E-state index contributed by atoms with van der Waals surface area (Å²) in [6, 6.07) is 14.7. The normalized spacial score (nSPS) is 15.5. The van der Waals surface area contributed by atoms with Crippen molar-refractivity contribution >= 4 is 29.6 Å². The van der Waals surface area contributed by atoms with Crippen molar-refractivity contribution in [3.05, 3.63) is 87.7 Å². The van der Waals surface area contributed by atoms with E-state index in [2.05, 4.69) is 9.88 Å². The second-order valence-corrected chi connectivity index (χ2v) is 8.17. The van der Waals surface area contributed by atoms with Gasteiger partial charge in [0.2, 0.25) is 0 Å². The molecule has 4 rings (SSSR count). The Bertz CT molecular complexity index is 1300. The number of nitrogens with zero attached hydrogens (tertiary/aromatic N) is 2. The molecular formula is C26H25N3O3. The Morgan fingerprint density at radius 3 is 2.25 bits per heavy atom. The molecule has 6 heteroatoms. The number of nitrogens with one attached hydrogen (secondary N) is 1. The molecule has 1 aliphatic rings. The van der Waals surface area contributed by atoms with Crippen molar-refractivity contribution in [1.29, 1.82) is 0 Å². The summed E-state index contributed by atoms with van der Waals surface area (Å²) < 4.78 is 2.07. The lowest BCUT2D eigenvalue weighted by Crippen LogP contribution is -2.54. The van der Waals surface area contributed by atoms with E-state index in [1.165, 1.54) is 5.56 Å². The van der Waals surface area contributed by atoms with E-state index >= 15 is 0 Å². The predicted octanol–water partition coefficient (Wildman–Crippen LogP) is 4.69. The molecule has 162 valence electrons. The Kier molecular flexibility index (Phi) is 5.30. The summed E-state index contributed by atoms with van der Waals surface area (Å²) in [6.45, 7) is 9.71. The van der Waals surface area contributed by atoms with Crippen molar-refractivity contribution in [3.8, 4) is 5.69 Å². The molecule has 1 aromatic heterocycles. The highest BCUT2D eigenvalue weighted by atomic mass is 16.2.